The van der Waals surface area contributed by atoms with Crippen LogP contribution in [0.2, 0.25) is 0 Å². The Morgan fingerprint density at radius 2 is 0.822 bits per heavy atom. The Labute approximate surface area is 260 Å². The standard InChI is InChI=1S/C39H28N2O4/c42-35-23-27(19-21-29(35)25-11-3-1-4-12-25)37(44)40-39(33-17-9-7-15-31(33)32-16-8-10-18-34(32)39)41-38(45)28-20-22-30(36(43)24-28)26-13-5-2-6-14-26/h1-24,42-43H,(H,40,44)(H,41,45). The Bertz CT molecular complexity index is 1920. The lowest BCUT2D eigenvalue weighted by Crippen LogP contribution is -2.57. The SMILES string of the molecule is O=C(NC1(NC(=O)c2ccc(-c3ccccc3)c(O)c2)c2ccccc2-c2ccccc21)c1ccc(-c2ccccc2)c(O)c1. The maximum Gasteiger partial charge on any atom is 0.253 e. The topological polar surface area (TPSA) is 98.7 Å². The monoisotopic (exact) mass is 588 g/mol. The lowest BCUT2D eigenvalue weighted by molar-refractivity contribution is 0.0836. The maximum absolute atomic E-state index is 14.0. The molecule has 6 heteroatoms. The summed E-state index contributed by atoms with van der Waals surface area (Å²) in [5, 5.41) is 28.0. The molecule has 0 heterocycles. The van der Waals surface area contributed by atoms with Crippen LogP contribution in [0.5, 0.6) is 11.5 Å². The van der Waals surface area contributed by atoms with Gasteiger partial charge in [0.2, 0.25) is 0 Å². The molecule has 4 N–H and O–H groups in total. The van der Waals surface area contributed by atoms with Crippen LogP contribution >= 0.6 is 0 Å². The Hall–Kier alpha value is -6.14. The van der Waals surface area contributed by atoms with Crippen LogP contribution in [0, 0.1) is 0 Å². The zero-order chi connectivity index (χ0) is 31.0. The van der Waals surface area contributed by atoms with Crippen molar-refractivity contribution in [2.45, 2.75) is 5.66 Å². The van der Waals surface area contributed by atoms with Crippen LogP contribution in [0.3, 0.4) is 0 Å². The van der Waals surface area contributed by atoms with E-state index in [1.54, 1.807) is 24.3 Å². The second-order valence-corrected chi connectivity index (χ2v) is 10.9. The molecule has 6 aromatic rings. The summed E-state index contributed by atoms with van der Waals surface area (Å²) >= 11 is 0. The van der Waals surface area contributed by atoms with E-state index in [2.05, 4.69) is 10.6 Å². The van der Waals surface area contributed by atoms with E-state index in [0.717, 1.165) is 22.3 Å². The van der Waals surface area contributed by atoms with Crippen LogP contribution in [0.4, 0.5) is 0 Å². The molecule has 0 atom stereocenters. The summed E-state index contributed by atoms with van der Waals surface area (Å²) in [7, 11) is 0. The first kappa shape index (κ1) is 27.7. The highest BCUT2D eigenvalue weighted by atomic mass is 16.3. The summed E-state index contributed by atoms with van der Waals surface area (Å²) in [5.74, 6) is -1.04. The molecule has 0 fully saturated rings. The highest BCUT2D eigenvalue weighted by Crippen LogP contribution is 2.46. The van der Waals surface area contributed by atoms with Gasteiger partial charge in [0.1, 0.15) is 11.5 Å². The first-order valence-corrected chi connectivity index (χ1v) is 14.6. The van der Waals surface area contributed by atoms with Crippen molar-refractivity contribution in [2.75, 3.05) is 0 Å². The third kappa shape index (κ3) is 4.88. The van der Waals surface area contributed by atoms with Crippen molar-refractivity contribution in [3.63, 3.8) is 0 Å². The molecule has 0 aromatic heterocycles. The summed E-state index contributed by atoms with van der Waals surface area (Å²) in [5.41, 5.74) is 5.01. The average molecular weight is 589 g/mol. The fourth-order valence-electron chi connectivity index (χ4n) is 6.09. The van der Waals surface area contributed by atoms with Crippen molar-refractivity contribution in [3.8, 4) is 44.9 Å². The van der Waals surface area contributed by atoms with Gasteiger partial charge < -0.3 is 20.8 Å². The van der Waals surface area contributed by atoms with Crippen molar-refractivity contribution in [1.29, 1.82) is 0 Å². The van der Waals surface area contributed by atoms with Crippen LogP contribution in [-0.4, -0.2) is 22.0 Å². The van der Waals surface area contributed by atoms with E-state index < -0.39 is 17.5 Å². The van der Waals surface area contributed by atoms with Crippen LogP contribution < -0.4 is 10.6 Å². The zero-order valence-electron chi connectivity index (χ0n) is 24.1. The molecule has 2 amide bonds. The molecule has 0 bridgehead atoms. The molecular weight excluding hydrogens is 560 g/mol. The molecule has 0 radical (unpaired) electrons. The van der Waals surface area contributed by atoms with E-state index in [1.165, 1.54) is 12.1 Å². The molecule has 0 unspecified atom stereocenters. The normalized spacial score (nSPS) is 12.5. The summed E-state index contributed by atoms with van der Waals surface area (Å²) < 4.78 is 0. The number of phenolic OH excluding ortho intramolecular Hbond substituents is 2. The van der Waals surface area contributed by atoms with Gasteiger partial charge in [0, 0.05) is 33.4 Å². The van der Waals surface area contributed by atoms with Gasteiger partial charge in [-0.05, 0) is 58.7 Å². The van der Waals surface area contributed by atoms with Crippen molar-refractivity contribution in [2.24, 2.45) is 0 Å². The Balaban J connectivity index is 1.28. The number of fused-ring (bicyclic) bond motifs is 3. The average Bonchev–Trinajstić information content (AvgIpc) is 3.34. The number of hydrogen-bond acceptors (Lipinski definition) is 4. The molecule has 1 aliphatic carbocycles. The molecule has 6 aromatic carbocycles. The zero-order valence-corrected chi connectivity index (χ0v) is 24.1. The van der Waals surface area contributed by atoms with Gasteiger partial charge in [-0.2, -0.15) is 0 Å². The van der Waals surface area contributed by atoms with Gasteiger partial charge in [-0.1, -0.05) is 109 Å². The number of amides is 2. The minimum Gasteiger partial charge on any atom is -0.507 e. The van der Waals surface area contributed by atoms with Gasteiger partial charge in [-0.3, -0.25) is 9.59 Å². The number of aromatic hydroxyl groups is 2. The number of carbonyl (C=O) groups is 2. The molecule has 0 saturated heterocycles. The number of carbonyl (C=O) groups excluding carboxylic acids is 2. The summed E-state index contributed by atoms with van der Waals surface area (Å²) in [6, 6.07) is 43.6. The van der Waals surface area contributed by atoms with Crippen molar-refractivity contribution in [1.82, 2.24) is 10.6 Å². The maximum atomic E-state index is 14.0. The number of hydrogen-bond donors (Lipinski definition) is 4. The molecule has 0 aliphatic heterocycles. The largest absolute Gasteiger partial charge is 0.507 e. The highest BCUT2D eigenvalue weighted by Gasteiger charge is 2.46. The van der Waals surface area contributed by atoms with Gasteiger partial charge >= 0.3 is 0 Å². The summed E-state index contributed by atoms with van der Waals surface area (Å²) in [4.78, 5) is 28.0. The van der Waals surface area contributed by atoms with E-state index >= 15 is 0 Å². The Kier molecular flexibility index (Phi) is 6.87. The van der Waals surface area contributed by atoms with Crippen LogP contribution in [0.15, 0.2) is 146 Å². The van der Waals surface area contributed by atoms with Gasteiger partial charge in [-0.15, -0.1) is 0 Å². The highest BCUT2D eigenvalue weighted by molar-refractivity contribution is 6.01. The molecule has 0 saturated carbocycles. The molecular formula is C39H28N2O4. The molecule has 7 rings (SSSR count). The van der Waals surface area contributed by atoms with Crippen molar-refractivity contribution < 1.29 is 19.8 Å². The van der Waals surface area contributed by atoms with E-state index in [1.807, 2.05) is 109 Å². The van der Waals surface area contributed by atoms with Gasteiger partial charge in [0.05, 0.1) is 0 Å². The third-order valence-corrected chi connectivity index (χ3v) is 8.24. The van der Waals surface area contributed by atoms with Crippen LogP contribution in [0.25, 0.3) is 33.4 Å². The lowest BCUT2D eigenvalue weighted by atomic mass is 9.94. The smallest absolute Gasteiger partial charge is 0.253 e. The summed E-state index contributed by atoms with van der Waals surface area (Å²) in [6.07, 6.45) is 0. The Morgan fingerprint density at radius 3 is 1.22 bits per heavy atom. The van der Waals surface area contributed by atoms with E-state index in [4.69, 9.17) is 0 Å². The molecule has 6 nitrogen and oxygen atoms in total. The fraction of sp³-hybridized carbons (Fsp3) is 0.0256. The predicted octanol–water partition coefficient (Wildman–Crippen LogP) is 7.47. The van der Waals surface area contributed by atoms with E-state index in [0.29, 0.717) is 22.3 Å². The van der Waals surface area contributed by atoms with Crippen molar-refractivity contribution in [3.05, 3.63) is 168 Å². The Morgan fingerprint density at radius 1 is 0.444 bits per heavy atom. The third-order valence-electron chi connectivity index (χ3n) is 8.24. The number of rotatable bonds is 6. The minimum absolute atomic E-state index is 0.0341. The molecule has 1 aliphatic rings. The minimum atomic E-state index is -1.44. The van der Waals surface area contributed by atoms with Gasteiger partial charge in [-0.25, -0.2) is 0 Å². The van der Waals surface area contributed by atoms with E-state index in [-0.39, 0.29) is 22.6 Å². The van der Waals surface area contributed by atoms with Crippen LogP contribution in [-0.2, 0) is 5.66 Å². The number of nitrogens with one attached hydrogen (secondary N) is 2. The molecule has 218 valence electrons. The van der Waals surface area contributed by atoms with Gasteiger partial charge in [0.25, 0.3) is 11.8 Å². The first-order valence-electron chi connectivity index (χ1n) is 14.6. The first-order chi connectivity index (χ1) is 21.9. The molecule has 0 spiro atoms. The van der Waals surface area contributed by atoms with Crippen molar-refractivity contribution >= 4 is 11.8 Å². The quantitative estimate of drug-likeness (QED) is 0.152. The number of phenols is 2. The second kappa shape index (κ2) is 11.2. The van der Waals surface area contributed by atoms with E-state index in [9.17, 15) is 19.8 Å². The lowest BCUT2D eigenvalue weighted by Gasteiger charge is -2.34. The fourth-order valence-corrected chi connectivity index (χ4v) is 6.09. The predicted molar refractivity (Wildman–Crippen MR) is 175 cm³/mol. The second-order valence-electron chi connectivity index (χ2n) is 10.9. The van der Waals surface area contributed by atoms with Gasteiger partial charge in [0.15, 0.2) is 5.66 Å². The number of benzene rings is 6. The summed E-state index contributed by atoms with van der Waals surface area (Å²) in [6.45, 7) is 0. The molecule has 45 heavy (non-hydrogen) atoms. The van der Waals surface area contributed by atoms with Crippen LogP contribution in [0.1, 0.15) is 31.8 Å².